The molecule has 4 N–H and O–H groups in total. The molecule has 1 aromatic carbocycles. The first-order chi connectivity index (χ1) is 20.6. The van der Waals surface area contributed by atoms with Gasteiger partial charge in [-0.05, 0) is 56.2 Å². The minimum atomic E-state index is -1.07. The second-order valence-corrected chi connectivity index (χ2v) is 11.0. The van der Waals surface area contributed by atoms with Gasteiger partial charge in [0.2, 0.25) is 17.6 Å². The van der Waals surface area contributed by atoms with E-state index in [1.54, 1.807) is 30.5 Å². The van der Waals surface area contributed by atoms with E-state index in [2.05, 4.69) is 26.3 Å². The Bertz CT molecular complexity index is 1320. The molecular weight excluding hydrogens is 546 g/mol. The van der Waals surface area contributed by atoms with Gasteiger partial charge in [-0.3, -0.25) is 29.0 Å². The molecule has 0 aliphatic heterocycles. The normalized spacial score (nSPS) is 14.6. The Kier molecular flexibility index (Phi) is 12.8. The molecule has 3 unspecified atom stereocenters. The number of Topliss-reactive ketones (excluding diaryl/α,β-unsaturated/α-hetero) is 1. The maximum atomic E-state index is 13.4. The van der Waals surface area contributed by atoms with Crippen LogP contribution < -0.4 is 21.3 Å². The molecule has 0 fully saturated rings. The Morgan fingerprint density at radius 3 is 2.21 bits per heavy atom. The summed E-state index contributed by atoms with van der Waals surface area (Å²) in [5.74, 6) is -2.90. The van der Waals surface area contributed by atoms with Crippen molar-refractivity contribution in [2.45, 2.75) is 77.5 Å². The minimum Gasteiger partial charge on any atom is -0.344 e. The van der Waals surface area contributed by atoms with Crippen molar-refractivity contribution < 1.29 is 24.0 Å². The minimum absolute atomic E-state index is 0.0734. The second-order valence-electron chi connectivity index (χ2n) is 11.0. The highest BCUT2D eigenvalue weighted by molar-refractivity contribution is 6.38. The molecule has 10 nitrogen and oxygen atoms in total. The van der Waals surface area contributed by atoms with Gasteiger partial charge in [0.15, 0.2) is 0 Å². The fourth-order valence-electron chi connectivity index (χ4n) is 4.45. The lowest BCUT2D eigenvalue weighted by Gasteiger charge is -2.24. The van der Waals surface area contributed by atoms with Crippen LogP contribution in [0.25, 0.3) is 0 Å². The Labute approximate surface area is 252 Å². The third kappa shape index (κ3) is 11.0. The van der Waals surface area contributed by atoms with Crippen molar-refractivity contribution in [3.63, 3.8) is 0 Å². The summed E-state index contributed by atoms with van der Waals surface area (Å²) >= 11 is 0. The first kappa shape index (κ1) is 32.9. The maximum Gasteiger partial charge on any atom is 0.289 e. The van der Waals surface area contributed by atoms with Crippen LogP contribution in [0.2, 0.25) is 0 Å². The molecule has 4 amide bonds. The van der Waals surface area contributed by atoms with E-state index in [0.29, 0.717) is 17.7 Å². The van der Waals surface area contributed by atoms with E-state index >= 15 is 0 Å². The summed E-state index contributed by atoms with van der Waals surface area (Å²) < 4.78 is 0. The van der Waals surface area contributed by atoms with Gasteiger partial charge in [0.1, 0.15) is 12.1 Å². The third-order valence-electron chi connectivity index (χ3n) is 6.96. The number of carbonyl (C=O) groups excluding carboxylic acids is 5. The first-order valence-corrected chi connectivity index (χ1v) is 14.7. The zero-order valence-electron chi connectivity index (χ0n) is 25.0. The zero-order chi connectivity index (χ0) is 31.2. The average molecular weight is 588 g/mol. The molecule has 0 spiro atoms. The van der Waals surface area contributed by atoms with Crippen LogP contribution >= 0.6 is 0 Å². The summed E-state index contributed by atoms with van der Waals surface area (Å²) in [6.45, 7) is 5.53. The van der Waals surface area contributed by atoms with Crippen molar-refractivity contribution in [2.24, 2.45) is 5.92 Å². The predicted molar refractivity (Wildman–Crippen MR) is 163 cm³/mol. The summed E-state index contributed by atoms with van der Waals surface area (Å²) in [5.41, 5.74) is 1.91. The van der Waals surface area contributed by atoms with Crippen molar-refractivity contribution in [1.82, 2.24) is 26.3 Å². The van der Waals surface area contributed by atoms with Crippen molar-refractivity contribution in [2.75, 3.05) is 0 Å². The number of nitrogens with zero attached hydrogens (tertiary/aromatic N) is 1. The fourth-order valence-corrected chi connectivity index (χ4v) is 4.45. The maximum absolute atomic E-state index is 13.4. The Morgan fingerprint density at radius 1 is 0.814 bits per heavy atom. The smallest absolute Gasteiger partial charge is 0.289 e. The van der Waals surface area contributed by atoms with Crippen molar-refractivity contribution in [3.8, 4) is 0 Å². The molecular formula is C33H41N5O5. The van der Waals surface area contributed by atoms with Crippen LogP contribution in [0.15, 0.2) is 78.5 Å². The van der Waals surface area contributed by atoms with Crippen molar-refractivity contribution >= 4 is 29.4 Å². The number of nitrogens with one attached hydrogen (secondary N) is 4. The lowest BCUT2D eigenvalue weighted by molar-refractivity contribution is -0.140. The first-order valence-electron chi connectivity index (χ1n) is 14.7. The molecule has 43 heavy (non-hydrogen) atoms. The van der Waals surface area contributed by atoms with E-state index in [9.17, 15) is 24.0 Å². The number of allylic oxidation sites excluding steroid dienone is 2. The lowest BCUT2D eigenvalue weighted by atomic mass is 9.99. The number of carbonyl (C=O) groups is 5. The molecule has 1 aliphatic rings. The summed E-state index contributed by atoms with van der Waals surface area (Å²) in [6.07, 6.45) is 9.71. The van der Waals surface area contributed by atoms with E-state index in [0.717, 1.165) is 18.4 Å². The lowest BCUT2D eigenvalue weighted by Crippen LogP contribution is -2.56. The van der Waals surface area contributed by atoms with Crippen LogP contribution in [-0.2, 0) is 36.9 Å². The molecule has 0 saturated carbocycles. The molecule has 0 bridgehead atoms. The van der Waals surface area contributed by atoms with Crippen molar-refractivity contribution in [1.29, 1.82) is 0 Å². The number of benzene rings is 1. The topological polar surface area (TPSA) is 146 Å². The largest absolute Gasteiger partial charge is 0.344 e. The highest BCUT2D eigenvalue weighted by atomic mass is 16.2. The molecule has 1 heterocycles. The summed E-state index contributed by atoms with van der Waals surface area (Å²) in [4.78, 5) is 69.3. The van der Waals surface area contributed by atoms with Gasteiger partial charge in [0.25, 0.3) is 11.8 Å². The molecule has 228 valence electrons. The number of amides is 4. The van der Waals surface area contributed by atoms with Gasteiger partial charge >= 0.3 is 0 Å². The highest BCUT2D eigenvalue weighted by Gasteiger charge is 2.30. The van der Waals surface area contributed by atoms with E-state index < -0.39 is 41.6 Å². The van der Waals surface area contributed by atoms with Gasteiger partial charge in [-0.25, -0.2) is 0 Å². The van der Waals surface area contributed by atoms with Gasteiger partial charge in [-0.2, -0.15) is 0 Å². The molecule has 2 aromatic rings. The Balaban J connectivity index is 1.65. The molecule has 10 heteroatoms. The van der Waals surface area contributed by atoms with E-state index in [-0.39, 0.29) is 31.2 Å². The van der Waals surface area contributed by atoms with Gasteiger partial charge in [0.05, 0.1) is 18.3 Å². The van der Waals surface area contributed by atoms with Crippen LogP contribution in [0.3, 0.4) is 0 Å². The number of rotatable bonds is 15. The van der Waals surface area contributed by atoms with E-state index in [1.807, 2.05) is 56.3 Å². The van der Waals surface area contributed by atoms with Crippen LogP contribution in [0.5, 0.6) is 0 Å². The summed E-state index contributed by atoms with van der Waals surface area (Å²) in [7, 11) is 0. The van der Waals surface area contributed by atoms with Crippen LogP contribution in [0, 0.1) is 5.92 Å². The predicted octanol–water partition coefficient (Wildman–Crippen LogP) is 2.70. The molecule has 0 radical (unpaired) electrons. The number of hydrogen-bond donors (Lipinski definition) is 4. The molecule has 0 saturated heterocycles. The number of hydrogen-bond acceptors (Lipinski definition) is 6. The van der Waals surface area contributed by atoms with E-state index in [4.69, 9.17) is 0 Å². The standard InChI is InChI=1S/C33H41N5O5/c1-22(2)17-18-27(29(39)33(43)35-21-26-16-10-11-19-34-26)37-30(40)23(3)36-32(42)28(20-24-12-6-4-7-13-24)38-31(41)25-14-8-5-9-15-25/h4,6-8,10-16,19,22-23,27-28H,5,9,17-18,20-21H2,1-3H3,(H,35,43)(H,36,42)(H,37,40)(H,38,41). The van der Waals surface area contributed by atoms with Gasteiger partial charge in [-0.1, -0.05) is 68.5 Å². The molecule has 3 rings (SSSR count). The summed E-state index contributed by atoms with van der Waals surface area (Å²) in [5, 5.41) is 10.7. The fraction of sp³-hybridized carbons (Fsp3) is 0.394. The van der Waals surface area contributed by atoms with Crippen LogP contribution in [-0.4, -0.2) is 52.5 Å². The van der Waals surface area contributed by atoms with Crippen LogP contribution in [0.1, 0.15) is 57.7 Å². The Hall–Kier alpha value is -4.60. The monoisotopic (exact) mass is 587 g/mol. The molecule has 3 atom stereocenters. The van der Waals surface area contributed by atoms with Crippen molar-refractivity contribution in [3.05, 3.63) is 89.8 Å². The number of pyridine rings is 1. The Morgan fingerprint density at radius 2 is 1.56 bits per heavy atom. The van der Waals surface area contributed by atoms with Gasteiger partial charge in [-0.15, -0.1) is 0 Å². The van der Waals surface area contributed by atoms with Crippen LogP contribution in [0.4, 0.5) is 0 Å². The third-order valence-corrected chi connectivity index (χ3v) is 6.96. The van der Waals surface area contributed by atoms with Gasteiger partial charge in [0, 0.05) is 18.2 Å². The highest BCUT2D eigenvalue weighted by Crippen LogP contribution is 2.12. The van der Waals surface area contributed by atoms with E-state index in [1.165, 1.54) is 6.92 Å². The molecule has 1 aliphatic carbocycles. The van der Waals surface area contributed by atoms with Gasteiger partial charge < -0.3 is 21.3 Å². The quantitative estimate of drug-likeness (QED) is 0.236. The zero-order valence-corrected chi connectivity index (χ0v) is 25.0. The summed E-state index contributed by atoms with van der Waals surface area (Å²) in [6, 6.07) is 11.4. The molecule has 1 aromatic heterocycles. The second kappa shape index (κ2) is 16.7. The average Bonchev–Trinajstić information content (AvgIpc) is 3.02. The number of aromatic nitrogens is 1. The SMILES string of the molecule is CC(C)CCC(NC(=O)C(C)NC(=O)C(Cc1ccccc1)NC(=O)C1=CCCC=C1)C(=O)C(=O)NCc1ccccn1. The number of ketones is 1.